The van der Waals surface area contributed by atoms with Crippen molar-refractivity contribution in [2.24, 2.45) is 0 Å². The number of carbonyl (C=O) groups is 1. The number of nitrogens with zero attached hydrogens (tertiary/aromatic N) is 2. The Labute approximate surface area is 157 Å². The van der Waals surface area contributed by atoms with E-state index < -0.39 is 0 Å². The van der Waals surface area contributed by atoms with E-state index in [0.717, 1.165) is 15.8 Å². The Balaban J connectivity index is 1.57. The molecule has 0 saturated carbocycles. The molecule has 0 saturated heterocycles. The lowest BCUT2D eigenvalue weighted by molar-refractivity contribution is 0.102. The quantitative estimate of drug-likeness (QED) is 0.481. The van der Waals surface area contributed by atoms with Gasteiger partial charge in [0.25, 0.3) is 5.91 Å². The minimum atomic E-state index is -0.361. The predicted molar refractivity (Wildman–Crippen MR) is 103 cm³/mol. The largest absolute Gasteiger partial charge is 0.507 e. The molecule has 1 amide bonds. The molecule has 3 N–H and O–H groups in total. The summed E-state index contributed by atoms with van der Waals surface area (Å²) in [7, 11) is 0. The zero-order valence-electron chi connectivity index (χ0n) is 13.6. The molecule has 6 nitrogen and oxygen atoms in total. The van der Waals surface area contributed by atoms with Gasteiger partial charge in [0.1, 0.15) is 11.4 Å². The smallest absolute Gasteiger partial charge is 0.275 e. The molecule has 2 aromatic carbocycles. The number of rotatable bonds is 3. The van der Waals surface area contributed by atoms with Crippen LogP contribution in [0, 0.1) is 6.92 Å². The number of anilines is 1. The molecule has 0 aliphatic heterocycles. The monoisotopic (exact) mass is 384 g/mol. The van der Waals surface area contributed by atoms with Crippen LogP contribution in [-0.2, 0) is 0 Å². The van der Waals surface area contributed by atoms with Crippen molar-refractivity contribution in [3.63, 3.8) is 0 Å². The summed E-state index contributed by atoms with van der Waals surface area (Å²) in [5, 5.41) is 20.7. The van der Waals surface area contributed by atoms with Crippen molar-refractivity contribution in [2.75, 3.05) is 5.32 Å². The first-order valence-corrected chi connectivity index (χ1v) is 8.92. The number of carbonyl (C=O) groups excluding carboxylic acids is 1. The van der Waals surface area contributed by atoms with Gasteiger partial charge in [-0.25, -0.2) is 4.98 Å². The fourth-order valence-electron chi connectivity index (χ4n) is 2.55. The molecule has 0 fully saturated rings. The summed E-state index contributed by atoms with van der Waals surface area (Å²) in [6.07, 6.45) is 0. The van der Waals surface area contributed by atoms with E-state index in [1.54, 1.807) is 36.4 Å². The molecule has 0 unspecified atom stereocenters. The number of benzene rings is 2. The first-order valence-electron chi connectivity index (χ1n) is 7.72. The maximum atomic E-state index is 12.4. The van der Waals surface area contributed by atoms with Crippen LogP contribution >= 0.6 is 22.9 Å². The second-order valence-corrected chi connectivity index (χ2v) is 7.24. The van der Waals surface area contributed by atoms with E-state index in [-0.39, 0.29) is 17.4 Å². The van der Waals surface area contributed by atoms with Crippen LogP contribution in [0.4, 0.5) is 5.13 Å². The van der Waals surface area contributed by atoms with E-state index in [2.05, 4.69) is 20.5 Å². The Bertz CT molecular complexity index is 1140. The summed E-state index contributed by atoms with van der Waals surface area (Å²) in [6, 6.07) is 12.2. The Morgan fingerprint density at radius 1 is 1.23 bits per heavy atom. The van der Waals surface area contributed by atoms with E-state index in [9.17, 15) is 9.90 Å². The van der Waals surface area contributed by atoms with Crippen molar-refractivity contribution in [1.29, 1.82) is 0 Å². The molecule has 130 valence electrons. The van der Waals surface area contributed by atoms with E-state index in [4.69, 9.17) is 11.6 Å². The molecule has 4 aromatic rings. The Kier molecular flexibility index (Phi) is 4.10. The van der Waals surface area contributed by atoms with Crippen LogP contribution in [0.1, 0.15) is 16.1 Å². The molecular weight excluding hydrogens is 372 g/mol. The molecule has 4 rings (SSSR count). The minimum Gasteiger partial charge on any atom is -0.507 e. The fourth-order valence-corrected chi connectivity index (χ4v) is 3.69. The summed E-state index contributed by atoms with van der Waals surface area (Å²) in [4.78, 5) is 16.8. The third kappa shape index (κ3) is 3.14. The van der Waals surface area contributed by atoms with Crippen LogP contribution in [0.2, 0.25) is 5.02 Å². The molecule has 0 aliphatic rings. The molecule has 2 heterocycles. The standard InChI is InChI=1S/C18H13ClN4O2S/c1-9-2-4-11(15(24)6-9)13-8-14(23-22-13)17(25)21-18-20-12-5-3-10(19)7-16(12)26-18/h2-8,24H,1H3,(H,22,23)(H,20,21,25). The number of H-pyrrole nitrogens is 1. The topological polar surface area (TPSA) is 90.9 Å². The van der Waals surface area contributed by atoms with Crippen LogP contribution < -0.4 is 5.32 Å². The van der Waals surface area contributed by atoms with Crippen molar-refractivity contribution in [3.05, 3.63) is 58.7 Å². The third-order valence-corrected chi connectivity index (χ3v) is 4.99. The maximum Gasteiger partial charge on any atom is 0.275 e. The molecule has 0 radical (unpaired) electrons. The molecule has 26 heavy (non-hydrogen) atoms. The molecule has 0 bridgehead atoms. The Morgan fingerprint density at radius 2 is 2.08 bits per heavy atom. The number of amides is 1. The number of aromatic hydroxyl groups is 1. The minimum absolute atomic E-state index is 0.117. The zero-order chi connectivity index (χ0) is 18.3. The first-order chi connectivity index (χ1) is 12.5. The van der Waals surface area contributed by atoms with Crippen LogP contribution in [0.25, 0.3) is 21.5 Å². The number of fused-ring (bicyclic) bond motifs is 1. The second-order valence-electron chi connectivity index (χ2n) is 5.77. The molecule has 8 heteroatoms. The zero-order valence-corrected chi connectivity index (χ0v) is 15.1. The number of hydrogen-bond donors (Lipinski definition) is 3. The van der Waals surface area contributed by atoms with Crippen LogP contribution in [0.15, 0.2) is 42.5 Å². The predicted octanol–water partition coefficient (Wildman–Crippen LogP) is 4.61. The highest BCUT2D eigenvalue weighted by molar-refractivity contribution is 7.22. The lowest BCUT2D eigenvalue weighted by atomic mass is 10.1. The van der Waals surface area contributed by atoms with Gasteiger partial charge in [-0.05, 0) is 48.9 Å². The highest BCUT2D eigenvalue weighted by Crippen LogP contribution is 2.30. The Hall–Kier alpha value is -2.90. The maximum absolute atomic E-state index is 12.4. The number of phenolic OH excluding ortho intramolecular Hbond substituents is 1. The molecule has 0 atom stereocenters. The summed E-state index contributed by atoms with van der Waals surface area (Å²) in [6.45, 7) is 1.89. The van der Waals surface area contributed by atoms with E-state index in [1.807, 2.05) is 13.0 Å². The van der Waals surface area contributed by atoms with Gasteiger partial charge in [0.05, 0.1) is 15.9 Å². The van der Waals surface area contributed by atoms with Gasteiger partial charge in [-0.2, -0.15) is 5.10 Å². The number of halogens is 1. The normalized spacial score (nSPS) is 11.0. The average molecular weight is 385 g/mol. The number of aryl methyl sites for hydroxylation is 1. The van der Waals surface area contributed by atoms with Crippen molar-refractivity contribution >= 4 is 44.2 Å². The number of nitrogens with one attached hydrogen (secondary N) is 2. The highest BCUT2D eigenvalue weighted by atomic mass is 35.5. The van der Waals surface area contributed by atoms with Gasteiger partial charge in [-0.15, -0.1) is 0 Å². The second kappa shape index (κ2) is 6.44. The highest BCUT2D eigenvalue weighted by Gasteiger charge is 2.15. The summed E-state index contributed by atoms with van der Waals surface area (Å²) >= 11 is 7.31. The van der Waals surface area contributed by atoms with Crippen LogP contribution in [-0.4, -0.2) is 26.2 Å². The third-order valence-electron chi connectivity index (χ3n) is 3.82. The van der Waals surface area contributed by atoms with E-state index >= 15 is 0 Å². The first kappa shape index (κ1) is 16.6. The number of thiazole rings is 1. The lowest BCUT2D eigenvalue weighted by Gasteiger charge is -2.01. The van der Waals surface area contributed by atoms with Gasteiger partial charge in [0.15, 0.2) is 5.13 Å². The molecule has 0 spiro atoms. The van der Waals surface area contributed by atoms with Crippen molar-refractivity contribution in [2.45, 2.75) is 6.92 Å². The van der Waals surface area contributed by atoms with Gasteiger partial charge in [-0.1, -0.05) is 29.0 Å². The number of phenols is 1. The molecular formula is C18H13ClN4O2S. The molecule has 2 aromatic heterocycles. The van der Waals surface area contributed by atoms with Gasteiger partial charge in [0, 0.05) is 10.6 Å². The van der Waals surface area contributed by atoms with E-state index in [1.165, 1.54) is 11.3 Å². The van der Waals surface area contributed by atoms with E-state index in [0.29, 0.717) is 21.4 Å². The van der Waals surface area contributed by atoms with Gasteiger partial charge >= 0.3 is 0 Å². The Morgan fingerprint density at radius 3 is 2.88 bits per heavy atom. The molecule has 0 aliphatic carbocycles. The lowest BCUT2D eigenvalue weighted by Crippen LogP contribution is -2.11. The van der Waals surface area contributed by atoms with Crippen molar-refractivity contribution in [3.8, 4) is 17.0 Å². The van der Waals surface area contributed by atoms with Crippen LogP contribution in [0.3, 0.4) is 0 Å². The summed E-state index contributed by atoms with van der Waals surface area (Å²) < 4.78 is 0.891. The van der Waals surface area contributed by atoms with Crippen LogP contribution in [0.5, 0.6) is 5.75 Å². The fraction of sp³-hybridized carbons (Fsp3) is 0.0556. The number of aromatic amines is 1. The van der Waals surface area contributed by atoms with Gasteiger partial charge in [0.2, 0.25) is 0 Å². The summed E-state index contributed by atoms with van der Waals surface area (Å²) in [5.74, 6) is -0.244. The van der Waals surface area contributed by atoms with Crippen molar-refractivity contribution in [1.82, 2.24) is 15.2 Å². The number of hydrogen-bond acceptors (Lipinski definition) is 5. The van der Waals surface area contributed by atoms with Gasteiger partial charge < -0.3 is 5.11 Å². The van der Waals surface area contributed by atoms with Crippen molar-refractivity contribution < 1.29 is 9.90 Å². The number of aromatic nitrogens is 3. The van der Waals surface area contributed by atoms with Gasteiger partial charge in [-0.3, -0.25) is 15.2 Å². The summed E-state index contributed by atoms with van der Waals surface area (Å²) in [5.41, 5.74) is 3.03. The SMILES string of the molecule is Cc1ccc(-c2cc(C(=O)Nc3nc4ccc(Cl)cc4s3)[nH]n2)c(O)c1. The average Bonchev–Trinajstić information content (AvgIpc) is 3.21.